The first kappa shape index (κ1) is 14.5. The number of hydrogen-bond acceptors (Lipinski definition) is 3. The van der Waals surface area contributed by atoms with Gasteiger partial charge in [0.05, 0.1) is 0 Å². The Morgan fingerprint density at radius 2 is 2.10 bits per heavy atom. The van der Waals surface area contributed by atoms with E-state index in [0.29, 0.717) is 6.42 Å². The molecule has 0 bridgehead atoms. The fourth-order valence-electron chi connectivity index (χ4n) is 1.83. The second kappa shape index (κ2) is 6.47. The van der Waals surface area contributed by atoms with Crippen LogP contribution in [-0.2, 0) is 14.4 Å². The fourth-order valence-corrected chi connectivity index (χ4v) is 2.24. The Bertz CT molecular complexity index is 584. The van der Waals surface area contributed by atoms with E-state index >= 15 is 0 Å². The summed E-state index contributed by atoms with van der Waals surface area (Å²) in [5.74, 6) is -1.12. The Morgan fingerprint density at radius 3 is 2.80 bits per heavy atom. The molecule has 20 heavy (non-hydrogen) atoms. The molecule has 0 aromatic heterocycles. The average molecular weight is 337 g/mol. The molecule has 1 aliphatic rings. The zero-order valence-electron chi connectivity index (χ0n) is 10.6. The predicted octanol–water partition coefficient (Wildman–Crippen LogP) is 1.38. The zero-order valence-corrected chi connectivity index (χ0v) is 12.1. The van der Waals surface area contributed by atoms with E-state index in [0.717, 1.165) is 10.0 Å². The Hall–Kier alpha value is -1.95. The molecule has 3 amide bonds. The standard InChI is InChI=1S/C14H13BrN2O3/c15-10-4-2-1-3-9(10)5-7-12(18)16-11-6-8-13(19)17-14(11)20/h1-5,7,11H,6,8H2,(H,16,18)(H,17,19,20). The molecule has 5 nitrogen and oxygen atoms in total. The number of carbonyl (C=O) groups is 3. The minimum atomic E-state index is -0.649. The number of hydrogen-bond donors (Lipinski definition) is 2. The van der Waals surface area contributed by atoms with Crippen molar-refractivity contribution in [2.75, 3.05) is 0 Å². The van der Waals surface area contributed by atoms with Crippen molar-refractivity contribution in [3.05, 3.63) is 40.4 Å². The van der Waals surface area contributed by atoms with Gasteiger partial charge in [0.1, 0.15) is 6.04 Å². The third kappa shape index (κ3) is 3.77. The molecule has 1 aromatic carbocycles. The molecule has 1 aliphatic heterocycles. The van der Waals surface area contributed by atoms with E-state index in [4.69, 9.17) is 0 Å². The predicted molar refractivity (Wildman–Crippen MR) is 77.5 cm³/mol. The van der Waals surface area contributed by atoms with Crippen molar-refractivity contribution in [3.8, 4) is 0 Å². The summed E-state index contributed by atoms with van der Waals surface area (Å²) in [4.78, 5) is 34.2. The maximum absolute atomic E-state index is 11.7. The highest BCUT2D eigenvalue weighted by atomic mass is 79.9. The summed E-state index contributed by atoms with van der Waals surface area (Å²) in [5.41, 5.74) is 0.867. The van der Waals surface area contributed by atoms with Crippen LogP contribution in [0.25, 0.3) is 6.08 Å². The minimum Gasteiger partial charge on any atom is -0.341 e. The van der Waals surface area contributed by atoms with Crippen molar-refractivity contribution in [1.29, 1.82) is 0 Å². The van der Waals surface area contributed by atoms with E-state index in [9.17, 15) is 14.4 Å². The van der Waals surface area contributed by atoms with Gasteiger partial charge in [-0.25, -0.2) is 0 Å². The van der Waals surface area contributed by atoms with Gasteiger partial charge in [-0.3, -0.25) is 19.7 Å². The van der Waals surface area contributed by atoms with E-state index in [-0.39, 0.29) is 18.2 Å². The van der Waals surface area contributed by atoms with Gasteiger partial charge < -0.3 is 5.32 Å². The van der Waals surface area contributed by atoms with Crippen molar-refractivity contribution in [1.82, 2.24) is 10.6 Å². The van der Waals surface area contributed by atoms with Gasteiger partial charge in [-0.05, 0) is 24.1 Å². The number of carbonyl (C=O) groups excluding carboxylic acids is 3. The lowest BCUT2D eigenvalue weighted by Gasteiger charge is -2.20. The Kier molecular flexibility index (Phi) is 4.68. The highest BCUT2D eigenvalue weighted by molar-refractivity contribution is 9.10. The topological polar surface area (TPSA) is 75.3 Å². The molecule has 1 fully saturated rings. The minimum absolute atomic E-state index is 0.241. The van der Waals surface area contributed by atoms with Gasteiger partial charge in [-0.1, -0.05) is 34.1 Å². The molecule has 2 rings (SSSR count). The van der Waals surface area contributed by atoms with Gasteiger partial charge in [0.15, 0.2) is 0 Å². The molecule has 1 aromatic rings. The molecular weight excluding hydrogens is 324 g/mol. The summed E-state index contributed by atoms with van der Waals surface area (Å²) < 4.78 is 0.880. The number of nitrogens with one attached hydrogen (secondary N) is 2. The first-order chi connectivity index (χ1) is 9.56. The van der Waals surface area contributed by atoms with Crippen molar-refractivity contribution in [2.45, 2.75) is 18.9 Å². The number of rotatable bonds is 3. The van der Waals surface area contributed by atoms with Crippen molar-refractivity contribution in [3.63, 3.8) is 0 Å². The monoisotopic (exact) mass is 336 g/mol. The molecule has 2 N–H and O–H groups in total. The number of benzene rings is 1. The summed E-state index contributed by atoms with van der Waals surface area (Å²) in [6.45, 7) is 0. The fraction of sp³-hybridized carbons (Fsp3) is 0.214. The van der Waals surface area contributed by atoms with Crippen LogP contribution in [0, 0.1) is 0 Å². The Labute approximate surface area is 124 Å². The van der Waals surface area contributed by atoms with E-state index < -0.39 is 11.9 Å². The van der Waals surface area contributed by atoms with Crippen LogP contribution in [0.4, 0.5) is 0 Å². The number of amides is 3. The second-order valence-corrected chi connectivity index (χ2v) is 5.22. The molecular formula is C14H13BrN2O3. The molecule has 1 heterocycles. The molecule has 1 saturated heterocycles. The maximum Gasteiger partial charge on any atom is 0.249 e. The smallest absolute Gasteiger partial charge is 0.249 e. The normalized spacial score (nSPS) is 18.9. The van der Waals surface area contributed by atoms with Gasteiger partial charge >= 0.3 is 0 Å². The Balaban J connectivity index is 1.94. The molecule has 0 spiro atoms. The van der Waals surface area contributed by atoms with Crippen LogP contribution in [0.2, 0.25) is 0 Å². The first-order valence-corrected chi connectivity index (χ1v) is 6.92. The molecule has 104 valence electrons. The van der Waals surface area contributed by atoms with Crippen molar-refractivity contribution in [2.24, 2.45) is 0 Å². The molecule has 6 heteroatoms. The highest BCUT2D eigenvalue weighted by Gasteiger charge is 2.27. The van der Waals surface area contributed by atoms with Crippen LogP contribution in [0.1, 0.15) is 18.4 Å². The van der Waals surface area contributed by atoms with Crippen LogP contribution >= 0.6 is 15.9 Å². The summed E-state index contributed by atoms with van der Waals surface area (Å²) in [7, 11) is 0. The van der Waals surface area contributed by atoms with Crippen LogP contribution < -0.4 is 10.6 Å². The summed E-state index contributed by atoms with van der Waals surface area (Å²) in [6, 6.07) is 6.83. The summed E-state index contributed by atoms with van der Waals surface area (Å²) in [6.07, 6.45) is 3.60. The third-order valence-corrected chi connectivity index (χ3v) is 3.60. The molecule has 0 saturated carbocycles. The molecule has 0 radical (unpaired) electrons. The largest absolute Gasteiger partial charge is 0.341 e. The zero-order chi connectivity index (χ0) is 14.5. The first-order valence-electron chi connectivity index (χ1n) is 6.13. The van der Waals surface area contributed by atoms with Crippen molar-refractivity contribution < 1.29 is 14.4 Å². The lowest BCUT2D eigenvalue weighted by molar-refractivity contribution is -0.136. The highest BCUT2D eigenvalue weighted by Crippen LogP contribution is 2.17. The molecule has 1 unspecified atom stereocenters. The molecule has 0 aliphatic carbocycles. The number of piperidine rings is 1. The quantitative estimate of drug-likeness (QED) is 0.646. The van der Waals surface area contributed by atoms with E-state index in [2.05, 4.69) is 26.6 Å². The van der Waals surface area contributed by atoms with Gasteiger partial charge in [0, 0.05) is 17.0 Å². The second-order valence-electron chi connectivity index (χ2n) is 4.37. The lowest BCUT2D eigenvalue weighted by atomic mass is 10.1. The van der Waals surface area contributed by atoms with Gasteiger partial charge in [-0.15, -0.1) is 0 Å². The van der Waals surface area contributed by atoms with Gasteiger partial charge in [0.25, 0.3) is 0 Å². The van der Waals surface area contributed by atoms with Gasteiger partial charge in [-0.2, -0.15) is 0 Å². The maximum atomic E-state index is 11.7. The van der Waals surface area contributed by atoms with E-state index in [1.165, 1.54) is 6.08 Å². The average Bonchev–Trinajstić information content (AvgIpc) is 2.41. The number of halogens is 1. The van der Waals surface area contributed by atoms with Crippen LogP contribution in [0.5, 0.6) is 0 Å². The Morgan fingerprint density at radius 1 is 1.35 bits per heavy atom. The molecule has 1 atom stereocenters. The lowest BCUT2D eigenvalue weighted by Crippen LogP contribution is -2.51. The van der Waals surface area contributed by atoms with Crippen LogP contribution in [-0.4, -0.2) is 23.8 Å². The number of imide groups is 1. The SMILES string of the molecule is O=C(C=Cc1ccccc1Br)NC1CCC(=O)NC1=O. The third-order valence-electron chi connectivity index (χ3n) is 2.88. The van der Waals surface area contributed by atoms with Gasteiger partial charge in [0.2, 0.25) is 17.7 Å². The summed E-state index contributed by atoms with van der Waals surface area (Å²) >= 11 is 3.38. The van der Waals surface area contributed by atoms with Crippen molar-refractivity contribution >= 4 is 39.7 Å². The van der Waals surface area contributed by atoms with Crippen LogP contribution in [0.15, 0.2) is 34.8 Å². The summed E-state index contributed by atoms with van der Waals surface area (Å²) in [5, 5.41) is 4.77. The van der Waals surface area contributed by atoms with Crippen LogP contribution in [0.3, 0.4) is 0 Å². The van der Waals surface area contributed by atoms with E-state index in [1.807, 2.05) is 24.3 Å². The van der Waals surface area contributed by atoms with E-state index in [1.54, 1.807) is 6.08 Å².